The number of aromatic nitrogens is 2. The van der Waals surface area contributed by atoms with E-state index in [0.717, 1.165) is 22.9 Å². The van der Waals surface area contributed by atoms with E-state index in [4.69, 9.17) is 10.7 Å². The first-order valence-electron chi connectivity index (χ1n) is 7.94. The molecule has 0 aliphatic heterocycles. The number of nitrogens with two attached hydrogens (primary N) is 1. The van der Waals surface area contributed by atoms with Gasteiger partial charge in [0.1, 0.15) is 5.82 Å². The molecule has 0 saturated heterocycles. The molecule has 0 radical (unpaired) electrons. The molecule has 1 heterocycles. The van der Waals surface area contributed by atoms with Gasteiger partial charge >= 0.3 is 0 Å². The average Bonchev–Trinajstić information content (AvgIpc) is 2.77. The van der Waals surface area contributed by atoms with Crippen LogP contribution in [0.4, 0.5) is 5.69 Å². The number of anilines is 1. The maximum atomic E-state index is 5.89. The predicted octanol–water partition coefficient (Wildman–Crippen LogP) is 4.46. The Morgan fingerprint density at radius 1 is 1.30 bits per heavy atom. The van der Waals surface area contributed by atoms with Gasteiger partial charge < -0.3 is 10.3 Å². The Balaban J connectivity index is 2.04. The van der Waals surface area contributed by atoms with E-state index in [1.54, 1.807) is 0 Å². The maximum Gasteiger partial charge on any atom is 0.106 e. The van der Waals surface area contributed by atoms with Crippen LogP contribution in [-0.2, 0) is 0 Å². The molecule has 20 heavy (non-hydrogen) atoms. The zero-order valence-electron chi connectivity index (χ0n) is 12.6. The molecule has 1 atom stereocenters. The van der Waals surface area contributed by atoms with Crippen molar-refractivity contribution in [3.05, 3.63) is 24.0 Å². The third kappa shape index (κ3) is 2.30. The van der Waals surface area contributed by atoms with Crippen molar-refractivity contribution in [3.63, 3.8) is 0 Å². The summed E-state index contributed by atoms with van der Waals surface area (Å²) in [7, 11) is 0. The van der Waals surface area contributed by atoms with E-state index in [1.165, 1.54) is 44.0 Å². The van der Waals surface area contributed by atoms with Crippen molar-refractivity contribution in [2.24, 2.45) is 5.92 Å². The van der Waals surface area contributed by atoms with Crippen molar-refractivity contribution in [3.8, 4) is 0 Å². The molecular weight excluding hydrogens is 246 g/mol. The van der Waals surface area contributed by atoms with Gasteiger partial charge in [0.05, 0.1) is 11.0 Å². The maximum absolute atomic E-state index is 5.89. The summed E-state index contributed by atoms with van der Waals surface area (Å²) in [6.45, 7) is 4.43. The Hall–Kier alpha value is -1.51. The van der Waals surface area contributed by atoms with E-state index in [2.05, 4.69) is 24.5 Å². The molecule has 1 aromatic carbocycles. The second-order valence-electron chi connectivity index (χ2n) is 6.15. The van der Waals surface area contributed by atoms with Gasteiger partial charge in [0.2, 0.25) is 0 Å². The van der Waals surface area contributed by atoms with Crippen molar-refractivity contribution in [1.29, 1.82) is 0 Å². The van der Waals surface area contributed by atoms with E-state index in [1.807, 2.05) is 12.1 Å². The summed E-state index contributed by atoms with van der Waals surface area (Å²) in [4.78, 5) is 4.72. The molecule has 0 spiro atoms. The lowest BCUT2D eigenvalue weighted by Gasteiger charge is -2.31. The lowest BCUT2D eigenvalue weighted by Crippen LogP contribution is -2.22. The summed E-state index contributed by atoms with van der Waals surface area (Å²) >= 11 is 0. The number of aryl methyl sites for hydroxylation is 1. The summed E-state index contributed by atoms with van der Waals surface area (Å²) in [5.41, 5.74) is 8.97. The SMILES string of the molecule is CCC(C1CCCCC1)n1c(C)nc2cc(N)ccc21. The number of imidazole rings is 1. The number of hydrogen-bond acceptors (Lipinski definition) is 2. The number of rotatable bonds is 3. The Morgan fingerprint density at radius 2 is 2.05 bits per heavy atom. The normalized spacial score (nSPS) is 18.5. The van der Waals surface area contributed by atoms with E-state index >= 15 is 0 Å². The third-order valence-electron chi connectivity index (χ3n) is 4.83. The summed E-state index contributed by atoms with van der Waals surface area (Å²) in [5.74, 6) is 1.94. The van der Waals surface area contributed by atoms with Gasteiger partial charge in [-0.05, 0) is 50.3 Å². The molecule has 1 unspecified atom stereocenters. The molecular formula is C17H25N3. The van der Waals surface area contributed by atoms with E-state index < -0.39 is 0 Å². The van der Waals surface area contributed by atoms with Crippen molar-refractivity contribution in [1.82, 2.24) is 9.55 Å². The van der Waals surface area contributed by atoms with Crippen molar-refractivity contribution in [2.45, 2.75) is 58.4 Å². The van der Waals surface area contributed by atoms with Gasteiger partial charge in [0.25, 0.3) is 0 Å². The topological polar surface area (TPSA) is 43.8 Å². The molecule has 108 valence electrons. The molecule has 3 heteroatoms. The van der Waals surface area contributed by atoms with E-state index in [0.29, 0.717) is 6.04 Å². The smallest absolute Gasteiger partial charge is 0.106 e. The number of nitrogens with zero attached hydrogens (tertiary/aromatic N) is 2. The molecule has 1 aromatic heterocycles. The van der Waals surface area contributed by atoms with Crippen molar-refractivity contribution < 1.29 is 0 Å². The molecule has 1 aliphatic rings. The second kappa shape index (κ2) is 5.47. The average molecular weight is 271 g/mol. The minimum Gasteiger partial charge on any atom is -0.399 e. The molecule has 0 amide bonds. The van der Waals surface area contributed by atoms with Gasteiger partial charge in [-0.1, -0.05) is 26.2 Å². The largest absolute Gasteiger partial charge is 0.399 e. The van der Waals surface area contributed by atoms with Gasteiger partial charge in [-0.3, -0.25) is 0 Å². The first kappa shape index (κ1) is 13.5. The first-order chi connectivity index (χ1) is 9.70. The third-order valence-corrected chi connectivity index (χ3v) is 4.83. The number of hydrogen-bond donors (Lipinski definition) is 1. The predicted molar refractivity (Wildman–Crippen MR) is 84.8 cm³/mol. The lowest BCUT2D eigenvalue weighted by molar-refractivity contribution is 0.244. The zero-order valence-corrected chi connectivity index (χ0v) is 12.6. The van der Waals surface area contributed by atoms with Gasteiger partial charge in [-0.2, -0.15) is 0 Å². The van der Waals surface area contributed by atoms with Gasteiger partial charge in [-0.15, -0.1) is 0 Å². The minimum atomic E-state index is 0.587. The van der Waals surface area contributed by atoms with Crippen LogP contribution < -0.4 is 5.73 Å². The summed E-state index contributed by atoms with van der Waals surface area (Å²) in [6.07, 6.45) is 8.10. The van der Waals surface area contributed by atoms with E-state index in [9.17, 15) is 0 Å². The molecule has 1 fully saturated rings. The number of fused-ring (bicyclic) bond motifs is 1. The number of benzene rings is 1. The van der Waals surface area contributed by atoms with Crippen molar-refractivity contribution >= 4 is 16.7 Å². The number of nitrogen functional groups attached to an aromatic ring is 1. The van der Waals surface area contributed by atoms with Crippen LogP contribution in [0, 0.1) is 12.8 Å². The second-order valence-corrected chi connectivity index (χ2v) is 6.15. The zero-order chi connectivity index (χ0) is 14.1. The summed E-state index contributed by atoms with van der Waals surface area (Å²) in [5, 5.41) is 0. The fourth-order valence-electron chi connectivity index (χ4n) is 3.90. The molecule has 2 aromatic rings. The van der Waals surface area contributed by atoms with Crippen LogP contribution in [0.1, 0.15) is 57.3 Å². The molecule has 3 rings (SSSR count). The van der Waals surface area contributed by atoms with Gasteiger partial charge in [0.15, 0.2) is 0 Å². The Kier molecular flexibility index (Phi) is 3.68. The van der Waals surface area contributed by atoms with Gasteiger partial charge in [0, 0.05) is 11.7 Å². The molecule has 0 bridgehead atoms. The fourth-order valence-corrected chi connectivity index (χ4v) is 3.90. The van der Waals surface area contributed by atoms with Crippen LogP contribution in [0.15, 0.2) is 18.2 Å². The highest BCUT2D eigenvalue weighted by Gasteiger charge is 2.26. The molecule has 1 saturated carbocycles. The fraction of sp³-hybridized carbons (Fsp3) is 0.588. The highest BCUT2D eigenvalue weighted by molar-refractivity contribution is 5.79. The van der Waals surface area contributed by atoms with Crippen LogP contribution >= 0.6 is 0 Å². The Labute approximate surface area is 121 Å². The van der Waals surface area contributed by atoms with Crippen LogP contribution in [0.25, 0.3) is 11.0 Å². The van der Waals surface area contributed by atoms with Crippen LogP contribution in [0.3, 0.4) is 0 Å². The monoisotopic (exact) mass is 271 g/mol. The van der Waals surface area contributed by atoms with Crippen LogP contribution in [0.5, 0.6) is 0 Å². The molecule has 3 nitrogen and oxygen atoms in total. The van der Waals surface area contributed by atoms with E-state index in [-0.39, 0.29) is 0 Å². The lowest BCUT2D eigenvalue weighted by atomic mass is 9.82. The first-order valence-corrected chi connectivity index (χ1v) is 7.94. The Morgan fingerprint density at radius 3 is 2.75 bits per heavy atom. The van der Waals surface area contributed by atoms with Gasteiger partial charge in [-0.25, -0.2) is 4.98 Å². The summed E-state index contributed by atoms with van der Waals surface area (Å²) in [6, 6.07) is 6.71. The highest BCUT2D eigenvalue weighted by atomic mass is 15.1. The highest BCUT2D eigenvalue weighted by Crippen LogP contribution is 2.37. The molecule has 1 aliphatic carbocycles. The minimum absolute atomic E-state index is 0.587. The van der Waals surface area contributed by atoms with Crippen LogP contribution in [-0.4, -0.2) is 9.55 Å². The quantitative estimate of drug-likeness (QED) is 0.838. The Bertz CT molecular complexity index is 594. The van der Waals surface area contributed by atoms with Crippen LogP contribution in [0.2, 0.25) is 0 Å². The summed E-state index contributed by atoms with van der Waals surface area (Å²) < 4.78 is 2.46. The van der Waals surface area contributed by atoms with Crippen molar-refractivity contribution in [2.75, 3.05) is 5.73 Å². The standard InChI is InChI=1S/C17H25N3/c1-3-16(13-7-5-4-6-8-13)20-12(2)19-15-11-14(18)9-10-17(15)20/h9-11,13,16H,3-8,18H2,1-2H3. The molecule has 2 N–H and O–H groups in total.